The summed E-state index contributed by atoms with van der Waals surface area (Å²) in [7, 11) is 3.30. The van der Waals surface area contributed by atoms with E-state index >= 15 is 0 Å². The smallest absolute Gasteiger partial charge is 0.127 e. The molecule has 8 nitrogen and oxygen atoms in total. The molecule has 8 heteroatoms. The van der Waals surface area contributed by atoms with Gasteiger partial charge in [0, 0.05) is 19.8 Å². The van der Waals surface area contributed by atoms with Crippen LogP contribution in [0.5, 0.6) is 11.5 Å². The van der Waals surface area contributed by atoms with Gasteiger partial charge in [0.15, 0.2) is 0 Å². The molecule has 2 aromatic rings. The first-order chi connectivity index (χ1) is 16.8. The molecule has 0 saturated carbocycles. The summed E-state index contributed by atoms with van der Waals surface area (Å²) in [6, 6.07) is 15.9. The molecule has 2 rings (SSSR count). The van der Waals surface area contributed by atoms with E-state index < -0.39 is 0 Å². The first-order valence-electron chi connectivity index (χ1n) is 11.6. The summed E-state index contributed by atoms with van der Waals surface area (Å²) in [6.07, 6.45) is 0. The highest BCUT2D eigenvalue weighted by Gasteiger charge is 2.09. The van der Waals surface area contributed by atoms with Crippen LogP contribution in [0.1, 0.15) is 0 Å². The van der Waals surface area contributed by atoms with Gasteiger partial charge < -0.3 is 37.9 Å². The van der Waals surface area contributed by atoms with E-state index in [1.54, 1.807) is 14.2 Å². The Labute approximate surface area is 203 Å². The molecule has 0 unspecified atom stereocenters. The van der Waals surface area contributed by atoms with Crippen molar-refractivity contribution in [3.63, 3.8) is 0 Å². The predicted molar refractivity (Wildman–Crippen MR) is 130 cm³/mol. The minimum absolute atomic E-state index is 0.443. The van der Waals surface area contributed by atoms with E-state index in [0.29, 0.717) is 79.3 Å². The van der Waals surface area contributed by atoms with Crippen molar-refractivity contribution in [1.29, 1.82) is 0 Å². The maximum absolute atomic E-state index is 6.00. The maximum atomic E-state index is 6.00. The van der Waals surface area contributed by atoms with Crippen molar-refractivity contribution in [1.82, 2.24) is 0 Å². The van der Waals surface area contributed by atoms with E-state index in [0.717, 1.165) is 22.6 Å². The van der Waals surface area contributed by atoms with Crippen molar-refractivity contribution < 1.29 is 37.9 Å². The summed E-state index contributed by atoms with van der Waals surface area (Å²) >= 11 is 0. The number of ether oxygens (including phenoxy) is 8. The minimum atomic E-state index is 0.443. The quantitative estimate of drug-likeness (QED) is 0.253. The van der Waals surface area contributed by atoms with Crippen LogP contribution < -0.4 is 9.47 Å². The van der Waals surface area contributed by atoms with E-state index in [9.17, 15) is 0 Å². The third-order valence-corrected chi connectivity index (χ3v) is 4.63. The standard InChI is InChI=1S/C26H38O8/c1-27-10-12-29-14-16-31-18-20-33-24-8-9-26(25(22-24)23-6-4-3-5-7-23)34-21-19-32-17-15-30-13-11-28-2/h3-9,22H,10-21H2,1-2H3. The molecule has 0 N–H and O–H groups in total. The van der Waals surface area contributed by atoms with Crippen LogP contribution in [-0.4, -0.2) is 93.5 Å². The second-order valence-corrected chi connectivity index (χ2v) is 7.16. The van der Waals surface area contributed by atoms with Crippen LogP contribution in [-0.2, 0) is 28.4 Å². The van der Waals surface area contributed by atoms with E-state index in [-0.39, 0.29) is 0 Å². The number of hydrogen-bond acceptors (Lipinski definition) is 8. The van der Waals surface area contributed by atoms with Gasteiger partial charge in [-0.2, -0.15) is 0 Å². The molecular formula is C26H38O8. The Kier molecular flexibility index (Phi) is 15.8. The van der Waals surface area contributed by atoms with Crippen molar-refractivity contribution in [2.75, 3.05) is 93.5 Å². The van der Waals surface area contributed by atoms with Crippen LogP contribution >= 0.6 is 0 Å². The van der Waals surface area contributed by atoms with Gasteiger partial charge in [-0.1, -0.05) is 30.3 Å². The van der Waals surface area contributed by atoms with E-state index in [1.807, 2.05) is 48.5 Å². The average molecular weight is 479 g/mol. The molecule has 0 atom stereocenters. The molecule has 0 saturated heterocycles. The van der Waals surface area contributed by atoms with Gasteiger partial charge in [-0.25, -0.2) is 0 Å². The summed E-state index contributed by atoms with van der Waals surface area (Å²) in [6.45, 7) is 6.29. The van der Waals surface area contributed by atoms with Crippen molar-refractivity contribution in [2.24, 2.45) is 0 Å². The van der Waals surface area contributed by atoms with Gasteiger partial charge in [-0.15, -0.1) is 0 Å². The van der Waals surface area contributed by atoms with Crippen LogP contribution in [0.2, 0.25) is 0 Å². The molecule has 0 aromatic heterocycles. The number of methoxy groups -OCH3 is 2. The largest absolute Gasteiger partial charge is 0.491 e. The third-order valence-electron chi connectivity index (χ3n) is 4.63. The van der Waals surface area contributed by atoms with Gasteiger partial charge in [-0.05, 0) is 23.8 Å². The zero-order valence-electron chi connectivity index (χ0n) is 20.4. The van der Waals surface area contributed by atoms with Crippen molar-refractivity contribution in [3.05, 3.63) is 48.5 Å². The van der Waals surface area contributed by atoms with Crippen LogP contribution in [0, 0.1) is 0 Å². The lowest BCUT2D eigenvalue weighted by atomic mass is 10.0. The van der Waals surface area contributed by atoms with Crippen molar-refractivity contribution in [2.45, 2.75) is 0 Å². The first-order valence-corrected chi connectivity index (χ1v) is 11.6. The lowest BCUT2D eigenvalue weighted by Gasteiger charge is -2.14. The highest BCUT2D eigenvalue weighted by Crippen LogP contribution is 2.33. The molecule has 2 aromatic carbocycles. The Balaban J connectivity index is 1.75. The number of hydrogen-bond donors (Lipinski definition) is 0. The molecule has 0 radical (unpaired) electrons. The van der Waals surface area contributed by atoms with Crippen LogP contribution in [0.4, 0.5) is 0 Å². The van der Waals surface area contributed by atoms with Crippen LogP contribution in [0.3, 0.4) is 0 Å². The van der Waals surface area contributed by atoms with Gasteiger partial charge in [0.25, 0.3) is 0 Å². The Morgan fingerprint density at radius 3 is 1.56 bits per heavy atom. The Morgan fingerprint density at radius 1 is 0.500 bits per heavy atom. The Bertz CT molecular complexity index is 741. The maximum Gasteiger partial charge on any atom is 0.127 e. The van der Waals surface area contributed by atoms with Crippen LogP contribution in [0.15, 0.2) is 48.5 Å². The summed E-state index contributed by atoms with van der Waals surface area (Å²) in [5.74, 6) is 1.54. The fraction of sp³-hybridized carbons (Fsp3) is 0.538. The zero-order chi connectivity index (χ0) is 24.1. The third kappa shape index (κ3) is 12.3. The highest BCUT2D eigenvalue weighted by molar-refractivity contribution is 5.72. The molecule has 0 bridgehead atoms. The van der Waals surface area contributed by atoms with E-state index in [2.05, 4.69) is 0 Å². The fourth-order valence-corrected chi connectivity index (χ4v) is 2.93. The Hall–Kier alpha value is -2.20. The molecule has 0 amide bonds. The second kappa shape index (κ2) is 19.1. The molecule has 0 fully saturated rings. The normalized spacial score (nSPS) is 11.0. The minimum Gasteiger partial charge on any atom is -0.491 e. The van der Waals surface area contributed by atoms with Gasteiger partial charge >= 0.3 is 0 Å². The first kappa shape index (κ1) is 28.0. The van der Waals surface area contributed by atoms with Crippen molar-refractivity contribution >= 4 is 0 Å². The lowest BCUT2D eigenvalue weighted by molar-refractivity contribution is 0.0177. The van der Waals surface area contributed by atoms with E-state index in [1.165, 1.54) is 0 Å². The summed E-state index contributed by atoms with van der Waals surface area (Å²) < 4.78 is 43.6. The SMILES string of the molecule is COCCOCCOCCOc1ccc(OCCOCCOCCOC)c(-c2ccccc2)c1. The second-order valence-electron chi connectivity index (χ2n) is 7.16. The monoisotopic (exact) mass is 478 g/mol. The van der Waals surface area contributed by atoms with Gasteiger partial charge in [-0.3, -0.25) is 0 Å². The zero-order valence-corrected chi connectivity index (χ0v) is 20.4. The Morgan fingerprint density at radius 2 is 1.00 bits per heavy atom. The van der Waals surface area contributed by atoms with Crippen LogP contribution in [0.25, 0.3) is 11.1 Å². The van der Waals surface area contributed by atoms with Gasteiger partial charge in [0.2, 0.25) is 0 Å². The lowest BCUT2D eigenvalue weighted by Crippen LogP contribution is -2.13. The highest BCUT2D eigenvalue weighted by atomic mass is 16.6. The average Bonchev–Trinajstić information content (AvgIpc) is 2.87. The summed E-state index contributed by atoms with van der Waals surface area (Å²) in [5, 5.41) is 0. The molecule has 0 aliphatic rings. The van der Waals surface area contributed by atoms with E-state index in [4.69, 9.17) is 37.9 Å². The molecule has 0 spiro atoms. The predicted octanol–water partition coefficient (Wildman–Crippen LogP) is 3.47. The summed E-state index contributed by atoms with van der Waals surface area (Å²) in [4.78, 5) is 0. The molecule has 0 aliphatic heterocycles. The number of benzene rings is 2. The number of rotatable bonds is 21. The molecular weight excluding hydrogens is 440 g/mol. The molecule has 0 heterocycles. The molecule has 0 aliphatic carbocycles. The fourth-order valence-electron chi connectivity index (χ4n) is 2.93. The topological polar surface area (TPSA) is 73.8 Å². The molecule has 34 heavy (non-hydrogen) atoms. The van der Waals surface area contributed by atoms with Crippen molar-refractivity contribution in [3.8, 4) is 22.6 Å². The molecule has 190 valence electrons. The van der Waals surface area contributed by atoms with Gasteiger partial charge in [0.05, 0.1) is 66.1 Å². The summed E-state index contributed by atoms with van der Waals surface area (Å²) in [5.41, 5.74) is 2.02. The van der Waals surface area contributed by atoms with Gasteiger partial charge in [0.1, 0.15) is 24.7 Å².